The SMILES string of the molecule is COc1ccccc1OCC(=O)N1CCN(c2oc(/C=C/c3cccs3)nc2C#N)CC1. The second kappa shape index (κ2) is 10.0. The van der Waals surface area contributed by atoms with E-state index in [4.69, 9.17) is 13.9 Å². The van der Waals surface area contributed by atoms with Crippen LogP contribution in [0.25, 0.3) is 12.2 Å². The molecule has 0 saturated carbocycles. The second-order valence-corrected chi connectivity index (χ2v) is 7.95. The molecule has 1 aromatic carbocycles. The Kier molecular flexibility index (Phi) is 6.72. The number of benzene rings is 1. The van der Waals surface area contributed by atoms with Crippen molar-refractivity contribution in [1.29, 1.82) is 5.26 Å². The Morgan fingerprint density at radius 1 is 1.19 bits per heavy atom. The number of oxazole rings is 1. The van der Waals surface area contributed by atoms with Crippen LogP contribution in [0.3, 0.4) is 0 Å². The summed E-state index contributed by atoms with van der Waals surface area (Å²) in [6.45, 7) is 2.01. The number of nitrogens with zero attached hydrogens (tertiary/aromatic N) is 4. The molecule has 2 aromatic heterocycles. The molecule has 1 amide bonds. The zero-order valence-corrected chi connectivity index (χ0v) is 18.4. The molecule has 3 aromatic rings. The Bertz CT molecular complexity index is 1130. The van der Waals surface area contributed by atoms with Crippen molar-refractivity contribution < 1.29 is 18.7 Å². The van der Waals surface area contributed by atoms with Crippen LogP contribution in [0.15, 0.2) is 46.2 Å². The van der Waals surface area contributed by atoms with Gasteiger partial charge in [-0.1, -0.05) is 18.2 Å². The van der Waals surface area contributed by atoms with Crippen LogP contribution in [0.4, 0.5) is 5.88 Å². The molecule has 1 aliphatic heterocycles. The molecule has 1 aliphatic rings. The van der Waals surface area contributed by atoms with Gasteiger partial charge in [0.1, 0.15) is 6.07 Å². The first kappa shape index (κ1) is 21.5. The van der Waals surface area contributed by atoms with Gasteiger partial charge in [0.25, 0.3) is 5.91 Å². The predicted molar refractivity (Wildman–Crippen MR) is 122 cm³/mol. The molecule has 8 nitrogen and oxygen atoms in total. The lowest BCUT2D eigenvalue weighted by Gasteiger charge is -2.34. The molecule has 1 saturated heterocycles. The third-order valence-corrected chi connectivity index (χ3v) is 5.84. The Labute approximate surface area is 189 Å². The molecule has 0 bridgehead atoms. The standard InChI is InChI=1S/C23H22N4O4S/c1-29-19-6-2-3-7-20(19)30-16-22(28)26-10-12-27(13-11-26)23-18(15-24)25-21(31-23)9-8-17-5-4-14-32-17/h2-9,14H,10-13,16H2,1H3/b9-8+. The van der Waals surface area contributed by atoms with Gasteiger partial charge in [0, 0.05) is 37.1 Å². The summed E-state index contributed by atoms with van der Waals surface area (Å²) in [7, 11) is 1.56. The van der Waals surface area contributed by atoms with Crippen molar-refractivity contribution in [3.63, 3.8) is 0 Å². The number of carbonyl (C=O) groups excluding carboxylic acids is 1. The van der Waals surface area contributed by atoms with Gasteiger partial charge in [0.2, 0.25) is 17.5 Å². The molecular weight excluding hydrogens is 428 g/mol. The first-order valence-electron chi connectivity index (χ1n) is 10.1. The highest BCUT2D eigenvalue weighted by Gasteiger charge is 2.26. The summed E-state index contributed by atoms with van der Waals surface area (Å²) < 4.78 is 16.7. The smallest absolute Gasteiger partial charge is 0.260 e. The van der Waals surface area contributed by atoms with Crippen LogP contribution < -0.4 is 14.4 Å². The summed E-state index contributed by atoms with van der Waals surface area (Å²) in [5.41, 5.74) is 0.245. The van der Waals surface area contributed by atoms with E-state index in [-0.39, 0.29) is 18.2 Å². The Balaban J connectivity index is 1.34. The van der Waals surface area contributed by atoms with E-state index in [1.165, 1.54) is 0 Å². The van der Waals surface area contributed by atoms with Crippen molar-refractivity contribution in [3.8, 4) is 17.6 Å². The minimum absolute atomic E-state index is 0.0657. The topological polar surface area (TPSA) is 91.8 Å². The lowest BCUT2D eigenvalue weighted by atomic mass is 10.3. The number of anilines is 1. The number of piperazine rings is 1. The van der Waals surface area contributed by atoms with Crippen LogP contribution in [0, 0.1) is 11.3 Å². The first-order valence-corrected chi connectivity index (χ1v) is 11.0. The van der Waals surface area contributed by atoms with Gasteiger partial charge in [-0.3, -0.25) is 4.79 Å². The molecule has 0 N–H and O–H groups in total. The van der Waals surface area contributed by atoms with Crippen molar-refractivity contribution in [2.24, 2.45) is 0 Å². The lowest BCUT2D eigenvalue weighted by Crippen LogP contribution is -2.50. The predicted octanol–water partition coefficient (Wildman–Crippen LogP) is 3.51. The summed E-state index contributed by atoms with van der Waals surface area (Å²) >= 11 is 1.61. The number of nitriles is 1. The summed E-state index contributed by atoms with van der Waals surface area (Å²) in [5.74, 6) is 1.84. The highest BCUT2D eigenvalue weighted by atomic mass is 32.1. The monoisotopic (exact) mass is 450 g/mol. The van der Waals surface area contributed by atoms with Gasteiger partial charge in [-0.05, 0) is 29.7 Å². The van der Waals surface area contributed by atoms with Gasteiger partial charge in [0.05, 0.1) is 7.11 Å². The normalized spacial score (nSPS) is 13.9. The molecule has 1 fully saturated rings. The Morgan fingerprint density at radius 3 is 2.66 bits per heavy atom. The number of amides is 1. The number of rotatable bonds is 7. The number of hydrogen-bond donors (Lipinski definition) is 0. The van der Waals surface area contributed by atoms with Gasteiger partial charge in [-0.2, -0.15) is 10.2 Å². The van der Waals surface area contributed by atoms with Gasteiger partial charge in [-0.25, -0.2) is 0 Å². The number of para-hydroxylation sites is 2. The molecule has 4 rings (SSSR count). The van der Waals surface area contributed by atoms with Crippen molar-refractivity contribution >= 4 is 35.3 Å². The van der Waals surface area contributed by atoms with E-state index in [0.29, 0.717) is 49.5 Å². The van der Waals surface area contributed by atoms with Gasteiger partial charge in [-0.15, -0.1) is 11.3 Å². The summed E-state index contributed by atoms with van der Waals surface area (Å²) in [6.07, 6.45) is 3.66. The average molecular weight is 451 g/mol. The quantitative estimate of drug-likeness (QED) is 0.544. The Morgan fingerprint density at radius 2 is 1.97 bits per heavy atom. The van der Waals surface area contributed by atoms with Crippen molar-refractivity contribution in [2.75, 3.05) is 44.8 Å². The molecule has 0 spiro atoms. The second-order valence-electron chi connectivity index (χ2n) is 6.97. The maximum absolute atomic E-state index is 12.6. The minimum Gasteiger partial charge on any atom is -0.493 e. The van der Waals surface area contributed by atoms with Crippen LogP contribution >= 0.6 is 11.3 Å². The molecule has 0 atom stereocenters. The molecule has 9 heteroatoms. The number of aromatic nitrogens is 1. The molecule has 0 unspecified atom stereocenters. The molecule has 3 heterocycles. The van der Waals surface area contributed by atoms with E-state index in [1.807, 2.05) is 40.6 Å². The van der Waals surface area contributed by atoms with Gasteiger partial charge < -0.3 is 23.7 Å². The van der Waals surface area contributed by atoms with Crippen LogP contribution in [-0.2, 0) is 4.79 Å². The van der Waals surface area contributed by atoms with E-state index in [9.17, 15) is 10.1 Å². The van der Waals surface area contributed by atoms with Gasteiger partial charge in [0.15, 0.2) is 18.1 Å². The highest BCUT2D eigenvalue weighted by Crippen LogP contribution is 2.26. The molecular formula is C23H22N4O4S. The first-order chi connectivity index (χ1) is 15.7. The van der Waals surface area contributed by atoms with Crippen molar-refractivity contribution in [2.45, 2.75) is 0 Å². The Hall–Kier alpha value is -3.77. The lowest BCUT2D eigenvalue weighted by molar-refractivity contribution is -0.133. The molecule has 0 radical (unpaired) electrons. The fourth-order valence-electron chi connectivity index (χ4n) is 3.35. The van der Waals surface area contributed by atoms with Crippen LogP contribution in [0.1, 0.15) is 16.5 Å². The number of methoxy groups -OCH3 is 1. The van der Waals surface area contributed by atoms with Gasteiger partial charge >= 0.3 is 0 Å². The van der Waals surface area contributed by atoms with E-state index >= 15 is 0 Å². The third kappa shape index (κ3) is 4.92. The summed E-state index contributed by atoms with van der Waals surface area (Å²) in [4.78, 5) is 21.6. The maximum atomic E-state index is 12.6. The zero-order valence-electron chi connectivity index (χ0n) is 17.6. The highest BCUT2D eigenvalue weighted by molar-refractivity contribution is 7.10. The fourth-order valence-corrected chi connectivity index (χ4v) is 3.97. The number of carbonyl (C=O) groups is 1. The van der Waals surface area contributed by atoms with E-state index in [0.717, 1.165) is 4.88 Å². The molecule has 164 valence electrons. The number of ether oxygens (including phenoxy) is 2. The number of hydrogen-bond acceptors (Lipinski definition) is 8. The summed E-state index contributed by atoms with van der Waals surface area (Å²) in [6, 6.07) is 13.3. The van der Waals surface area contributed by atoms with Crippen LogP contribution in [0.5, 0.6) is 11.5 Å². The van der Waals surface area contributed by atoms with E-state index in [1.54, 1.807) is 41.6 Å². The van der Waals surface area contributed by atoms with Crippen molar-refractivity contribution in [3.05, 3.63) is 58.2 Å². The number of thiophene rings is 1. The van der Waals surface area contributed by atoms with Crippen LogP contribution in [-0.4, -0.2) is 55.7 Å². The largest absolute Gasteiger partial charge is 0.493 e. The molecule has 0 aliphatic carbocycles. The van der Waals surface area contributed by atoms with Crippen LogP contribution in [0.2, 0.25) is 0 Å². The fraction of sp³-hybridized carbons (Fsp3) is 0.261. The maximum Gasteiger partial charge on any atom is 0.260 e. The molecule has 32 heavy (non-hydrogen) atoms. The van der Waals surface area contributed by atoms with E-state index in [2.05, 4.69) is 11.1 Å². The third-order valence-electron chi connectivity index (χ3n) is 5.00. The summed E-state index contributed by atoms with van der Waals surface area (Å²) in [5, 5.41) is 11.5. The minimum atomic E-state index is -0.104. The zero-order chi connectivity index (χ0) is 22.3. The van der Waals surface area contributed by atoms with Crippen molar-refractivity contribution in [1.82, 2.24) is 9.88 Å². The average Bonchev–Trinajstić information content (AvgIpc) is 3.51. The van der Waals surface area contributed by atoms with E-state index < -0.39 is 0 Å².